The first-order valence-corrected chi connectivity index (χ1v) is 10.1. The van der Waals surface area contributed by atoms with Crippen molar-refractivity contribution in [2.45, 2.75) is 12.8 Å². The number of aromatic amines is 1. The molecule has 2 aromatic heterocycles. The Labute approximate surface area is 174 Å². The Hall–Kier alpha value is -3.61. The largest absolute Gasteiger partial charge is 0.497 e. The summed E-state index contributed by atoms with van der Waals surface area (Å²) in [5.74, 6) is 0.874. The molecule has 0 spiro atoms. The monoisotopic (exact) mass is 401 g/mol. The van der Waals surface area contributed by atoms with Gasteiger partial charge in [0.2, 0.25) is 5.91 Å². The van der Waals surface area contributed by atoms with E-state index in [0.29, 0.717) is 0 Å². The molecule has 1 aliphatic heterocycles. The third-order valence-electron chi connectivity index (χ3n) is 5.87. The van der Waals surface area contributed by atoms with E-state index in [0.717, 1.165) is 64.9 Å². The van der Waals surface area contributed by atoms with Crippen LogP contribution in [0.4, 0.5) is 11.4 Å². The molecule has 3 heterocycles. The van der Waals surface area contributed by atoms with Gasteiger partial charge in [0, 0.05) is 41.7 Å². The molecule has 1 fully saturated rings. The third kappa shape index (κ3) is 3.32. The van der Waals surface area contributed by atoms with E-state index >= 15 is 0 Å². The van der Waals surface area contributed by atoms with E-state index in [4.69, 9.17) is 4.74 Å². The van der Waals surface area contributed by atoms with E-state index in [2.05, 4.69) is 25.4 Å². The van der Waals surface area contributed by atoms with Gasteiger partial charge < -0.3 is 15.0 Å². The number of hydrogen-bond acceptors (Lipinski definition) is 5. The number of carbonyl (C=O) groups is 1. The zero-order valence-electron chi connectivity index (χ0n) is 16.8. The minimum Gasteiger partial charge on any atom is -0.497 e. The molecule has 0 atom stereocenters. The van der Waals surface area contributed by atoms with Crippen molar-refractivity contribution in [3.63, 3.8) is 0 Å². The highest BCUT2D eigenvalue weighted by molar-refractivity contribution is 6.01. The lowest BCUT2D eigenvalue weighted by atomic mass is 9.95. The van der Waals surface area contributed by atoms with Crippen molar-refractivity contribution >= 4 is 39.1 Å². The van der Waals surface area contributed by atoms with Crippen LogP contribution >= 0.6 is 0 Å². The fraction of sp³-hybridized carbons (Fsp3) is 0.261. The Bertz CT molecular complexity index is 1210. The molecule has 0 aliphatic carbocycles. The summed E-state index contributed by atoms with van der Waals surface area (Å²) in [6, 6.07) is 13.8. The molecule has 0 radical (unpaired) electrons. The van der Waals surface area contributed by atoms with Gasteiger partial charge in [-0.25, -0.2) is 0 Å². The highest BCUT2D eigenvalue weighted by atomic mass is 16.5. The number of anilines is 2. The number of piperidine rings is 1. The van der Waals surface area contributed by atoms with Gasteiger partial charge in [-0.15, -0.1) is 0 Å². The lowest BCUT2D eigenvalue weighted by Crippen LogP contribution is -2.38. The molecule has 0 bridgehead atoms. The highest BCUT2D eigenvalue weighted by Gasteiger charge is 2.26. The van der Waals surface area contributed by atoms with Gasteiger partial charge in [-0.05, 0) is 43.2 Å². The molecule has 7 nitrogen and oxygen atoms in total. The minimum atomic E-state index is -0.0120. The molecule has 7 heteroatoms. The van der Waals surface area contributed by atoms with Crippen LogP contribution in [0.15, 0.2) is 54.9 Å². The summed E-state index contributed by atoms with van der Waals surface area (Å²) < 4.78 is 5.39. The summed E-state index contributed by atoms with van der Waals surface area (Å²) >= 11 is 0. The first kappa shape index (κ1) is 18.4. The number of benzene rings is 2. The van der Waals surface area contributed by atoms with Crippen molar-refractivity contribution in [3.8, 4) is 5.75 Å². The molecule has 2 N–H and O–H groups in total. The lowest BCUT2D eigenvalue weighted by Gasteiger charge is -2.33. The van der Waals surface area contributed by atoms with Crippen molar-refractivity contribution in [1.29, 1.82) is 0 Å². The molecular weight excluding hydrogens is 378 g/mol. The van der Waals surface area contributed by atoms with Crippen LogP contribution < -0.4 is 15.0 Å². The Balaban J connectivity index is 1.30. The predicted octanol–water partition coefficient (Wildman–Crippen LogP) is 3.97. The van der Waals surface area contributed by atoms with Gasteiger partial charge in [-0.1, -0.05) is 12.1 Å². The number of hydrogen-bond donors (Lipinski definition) is 2. The summed E-state index contributed by atoms with van der Waals surface area (Å²) in [7, 11) is 1.67. The standard InChI is InChI=1S/C23H23N5O2/c1-30-17-5-6-19-18(13-17)21(7-10-24-19)28-11-8-15(9-12-28)23(29)26-20-4-2-3-16-14-25-27-22(16)20/h2-7,10,13-15H,8-9,11-12H2,1H3,(H,25,27)(H,26,29). The molecule has 1 aliphatic rings. The van der Waals surface area contributed by atoms with Gasteiger partial charge in [0.05, 0.1) is 30.0 Å². The van der Waals surface area contributed by atoms with E-state index in [9.17, 15) is 4.79 Å². The zero-order valence-corrected chi connectivity index (χ0v) is 16.8. The van der Waals surface area contributed by atoms with Gasteiger partial charge in [0.15, 0.2) is 0 Å². The number of amides is 1. The Kier molecular flexibility index (Phi) is 4.71. The normalized spacial score (nSPS) is 14.9. The summed E-state index contributed by atoms with van der Waals surface area (Å²) in [5, 5.41) is 12.2. The fourth-order valence-electron chi connectivity index (χ4n) is 4.20. The van der Waals surface area contributed by atoms with E-state index in [1.165, 1.54) is 0 Å². The summed E-state index contributed by atoms with van der Waals surface area (Å²) in [6.45, 7) is 1.64. The van der Waals surface area contributed by atoms with Crippen molar-refractivity contribution in [2.75, 3.05) is 30.4 Å². The number of pyridine rings is 1. The lowest BCUT2D eigenvalue weighted by molar-refractivity contribution is -0.120. The molecule has 0 unspecified atom stereocenters. The number of H-pyrrole nitrogens is 1. The smallest absolute Gasteiger partial charge is 0.227 e. The summed E-state index contributed by atoms with van der Waals surface area (Å²) in [4.78, 5) is 19.7. The van der Waals surface area contributed by atoms with Crippen LogP contribution in [0, 0.1) is 5.92 Å². The molecule has 2 aromatic carbocycles. The predicted molar refractivity (Wildman–Crippen MR) is 118 cm³/mol. The molecule has 152 valence electrons. The number of carbonyl (C=O) groups excluding carboxylic acids is 1. The van der Waals surface area contributed by atoms with Gasteiger partial charge in [-0.2, -0.15) is 5.10 Å². The fourth-order valence-corrected chi connectivity index (χ4v) is 4.20. The average Bonchev–Trinajstić information content (AvgIpc) is 3.28. The quantitative estimate of drug-likeness (QED) is 0.541. The molecular formula is C23H23N5O2. The van der Waals surface area contributed by atoms with Gasteiger partial charge in [0.25, 0.3) is 0 Å². The average molecular weight is 401 g/mol. The number of fused-ring (bicyclic) bond motifs is 2. The van der Waals surface area contributed by atoms with Crippen molar-refractivity contribution < 1.29 is 9.53 Å². The second-order valence-electron chi connectivity index (χ2n) is 7.60. The van der Waals surface area contributed by atoms with E-state index in [1.54, 1.807) is 13.3 Å². The van der Waals surface area contributed by atoms with Gasteiger partial charge in [-0.3, -0.25) is 14.9 Å². The molecule has 5 rings (SSSR count). The maximum atomic E-state index is 12.9. The van der Waals surface area contributed by atoms with E-state index in [1.807, 2.05) is 48.7 Å². The summed E-state index contributed by atoms with van der Waals surface area (Å²) in [5.41, 5.74) is 3.73. The molecule has 1 amide bonds. The third-order valence-corrected chi connectivity index (χ3v) is 5.87. The topological polar surface area (TPSA) is 83.1 Å². The highest BCUT2D eigenvalue weighted by Crippen LogP contribution is 2.32. The minimum absolute atomic E-state index is 0.0120. The van der Waals surface area contributed by atoms with Crippen molar-refractivity contribution in [1.82, 2.24) is 15.2 Å². The number of rotatable bonds is 4. The first-order chi connectivity index (χ1) is 14.7. The maximum Gasteiger partial charge on any atom is 0.227 e. The number of nitrogens with zero attached hydrogens (tertiary/aromatic N) is 3. The first-order valence-electron chi connectivity index (χ1n) is 10.1. The number of methoxy groups -OCH3 is 1. The molecule has 1 saturated heterocycles. The Morgan fingerprint density at radius 3 is 2.90 bits per heavy atom. The molecule has 4 aromatic rings. The Morgan fingerprint density at radius 1 is 1.20 bits per heavy atom. The SMILES string of the molecule is COc1ccc2nccc(N3CCC(C(=O)Nc4cccc5cn[nH]c45)CC3)c2c1. The Morgan fingerprint density at radius 2 is 2.07 bits per heavy atom. The second kappa shape index (κ2) is 7.67. The van der Waals surface area contributed by atoms with E-state index < -0.39 is 0 Å². The van der Waals surface area contributed by atoms with Crippen LogP contribution in [-0.4, -0.2) is 41.3 Å². The van der Waals surface area contributed by atoms with Crippen LogP contribution in [0.25, 0.3) is 21.8 Å². The van der Waals surface area contributed by atoms with Crippen molar-refractivity contribution in [2.24, 2.45) is 5.92 Å². The van der Waals surface area contributed by atoms with Crippen molar-refractivity contribution in [3.05, 3.63) is 54.9 Å². The second-order valence-corrected chi connectivity index (χ2v) is 7.60. The summed E-state index contributed by atoms with van der Waals surface area (Å²) in [6.07, 6.45) is 5.21. The number of nitrogens with one attached hydrogen (secondary N) is 2. The number of para-hydroxylation sites is 1. The van der Waals surface area contributed by atoms with Crippen LogP contribution in [0.1, 0.15) is 12.8 Å². The van der Waals surface area contributed by atoms with Crippen LogP contribution in [0.2, 0.25) is 0 Å². The maximum absolute atomic E-state index is 12.9. The van der Waals surface area contributed by atoms with Gasteiger partial charge >= 0.3 is 0 Å². The van der Waals surface area contributed by atoms with Gasteiger partial charge in [0.1, 0.15) is 5.75 Å². The molecule has 0 saturated carbocycles. The van der Waals surface area contributed by atoms with Crippen LogP contribution in [0.5, 0.6) is 5.75 Å². The van der Waals surface area contributed by atoms with Crippen LogP contribution in [-0.2, 0) is 4.79 Å². The van der Waals surface area contributed by atoms with Crippen LogP contribution in [0.3, 0.4) is 0 Å². The zero-order chi connectivity index (χ0) is 20.5. The van der Waals surface area contributed by atoms with E-state index in [-0.39, 0.29) is 11.8 Å². The number of ether oxygens (including phenoxy) is 1. The molecule has 30 heavy (non-hydrogen) atoms. The number of aromatic nitrogens is 3.